The summed E-state index contributed by atoms with van der Waals surface area (Å²) in [6.07, 6.45) is 1.39. The molecule has 1 aromatic carbocycles. The Kier molecular flexibility index (Phi) is 4.00. The fourth-order valence-corrected chi connectivity index (χ4v) is 4.50. The number of carbonyl (C=O) groups excluding carboxylic acids is 2. The van der Waals surface area contributed by atoms with Gasteiger partial charge in [0.05, 0.1) is 12.8 Å². The molecule has 0 N–H and O–H groups in total. The summed E-state index contributed by atoms with van der Waals surface area (Å²) in [5.41, 5.74) is 1.49. The first kappa shape index (κ1) is 16.1. The van der Waals surface area contributed by atoms with Crippen molar-refractivity contribution in [2.75, 3.05) is 31.6 Å². The molecular weight excluding hydrogens is 336 g/mol. The highest BCUT2D eigenvalue weighted by Crippen LogP contribution is 2.42. The molecule has 5 nitrogen and oxygen atoms in total. The van der Waals surface area contributed by atoms with Gasteiger partial charge in [0.1, 0.15) is 5.75 Å². The summed E-state index contributed by atoms with van der Waals surface area (Å²) < 4.78 is 5.21. The molecule has 2 fully saturated rings. The lowest BCUT2D eigenvalue weighted by Gasteiger charge is -2.24. The van der Waals surface area contributed by atoms with Crippen LogP contribution in [0.2, 0.25) is 0 Å². The van der Waals surface area contributed by atoms with E-state index in [1.807, 2.05) is 44.8 Å². The molecule has 2 aliphatic rings. The first-order valence-corrected chi connectivity index (χ1v) is 9.30. The van der Waals surface area contributed by atoms with Gasteiger partial charge in [-0.1, -0.05) is 6.07 Å². The predicted octanol–water partition coefficient (Wildman–Crippen LogP) is 3.03. The van der Waals surface area contributed by atoms with Gasteiger partial charge >= 0.3 is 0 Å². The number of anilines is 1. The fourth-order valence-electron chi connectivity index (χ4n) is 3.86. The monoisotopic (exact) mass is 356 g/mol. The van der Waals surface area contributed by atoms with Crippen LogP contribution in [-0.4, -0.2) is 43.5 Å². The van der Waals surface area contributed by atoms with E-state index in [1.165, 1.54) is 0 Å². The molecule has 25 heavy (non-hydrogen) atoms. The number of hydrogen-bond acceptors (Lipinski definition) is 4. The largest absolute Gasteiger partial charge is 0.497 e. The smallest absolute Gasteiger partial charge is 0.254 e. The third kappa shape index (κ3) is 2.91. The second kappa shape index (κ2) is 6.19. The first-order chi connectivity index (χ1) is 12.1. The van der Waals surface area contributed by atoms with E-state index in [1.54, 1.807) is 24.5 Å². The maximum absolute atomic E-state index is 12.8. The van der Waals surface area contributed by atoms with Crippen molar-refractivity contribution in [2.24, 2.45) is 5.41 Å². The molecule has 1 spiro atoms. The maximum Gasteiger partial charge on any atom is 0.254 e. The van der Waals surface area contributed by atoms with Gasteiger partial charge in [-0.2, -0.15) is 11.3 Å². The topological polar surface area (TPSA) is 49.9 Å². The zero-order chi connectivity index (χ0) is 17.4. The van der Waals surface area contributed by atoms with Crippen LogP contribution in [-0.2, 0) is 4.79 Å². The number of hydrogen-bond donors (Lipinski definition) is 0. The van der Waals surface area contributed by atoms with Crippen LogP contribution in [0.4, 0.5) is 5.69 Å². The Labute approximate surface area is 150 Å². The highest BCUT2D eigenvalue weighted by molar-refractivity contribution is 7.08. The lowest BCUT2D eigenvalue weighted by molar-refractivity contribution is -0.117. The Morgan fingerprint density at radius 1 is 1.28 bits per heavy atom. The van der Waals surface area contributed by atoms with Gasteiger partial charge in [0.15, 0.2) is 0 Å². The number of ether oxygens (including phenoxy) is 1. The second-order valence-electron chi connectivity index (χ2n) is 6.85. The van der Waals surface area contributed by atoms with Crippen LogP contribution < -0.4 is 9.64 Å². The molecule has 2 aliphatic heterocycles. The highest BCUT2D eigenvalue weighted by Gasteiger charge is 2.48. The summed E-state index contributed by atoms with van der Waals surface area (Å²) in [6, 6.07) is 9.22. The zero-order valence-corrected chi connectivity index (χ0v) is 14.9. The van der Waals surface area contributed by atoms with Crippen molar-refractivity contribution in [1.82, 2.24) is 4.90 Å². The lowest BCUT2D eigenvalue weighted by atomic mass is 9.86. The standard InChI is InChI=1S/C19H20N2O3S/c1-24-16-4-2-3-14(9-16)18(23)20-7-6-19(12-20)10-17(22)21(13-19)15-5-8-25-11-15/h2-5,8-9,11H,6-7,10,12-13H2,1H3. The van der Waals surface area contributed by atoms with Crippen LogP contribution in [0.15, 0.2) is 41.1 Å². The molecule has 130 valence electrons. The van der Waals surface area contributed by atoms with Crippen LogP contribution in [0.3, 0.4) is 0 Å². The van der Waals surface area contributed by atoms with Gasteiger partial charge in [-0.15, -0.1) is 0 Å². The molecule has 0 bridgehead atoms. The van der Waals surface area contributed by atoms with Crippen molar-refractivity contribution in [2.45, 2.75) is 12.8 Å². The highest BCUT2D eigenvalue weighted by atomic mass is 32.1. The third-order valence-corrected chi connectivity index (χ3v) is 5.85. The average Bonchev–Trinajstić information content (AvgIpc) is 3.35. The van der Waals surface area contributed by atoms with Crippen molar-refractivity contribution in [3.8, 4) is 5.75 Å². The molecule has 0 saturated carbocycles. The summed E-state index contributed by atoms with van der Waals surface area (Å²) in [7, 11) is 1.59. The average molecular weight is 356 g/mol. The molecule has 2 amide bonds. The van der Waals surface area contributed by atoms with Crippen LogP contribution >= 0.6 is 11.3 Å². The molecule has 1 aromatic heterocycles. The molecule has 4 rings (SSSR count). The summed E-state index contributed by atoms with van der Waals surface area (Å²) in [5.74, 6) is 0.853. The van der Waals surface area contributed by atoms with E-state index in [9.17, 15) is 9.59 Å². The Bertz CT molecular complexity index is 805. The molecule has 0 radical (unpaired) electrons. The molecule has 1 unspecified atom stereocenters. The molecule has 2 aromatic rings. The van der Waals surface area contributed by atoms with Gasteiger partial charge in [0.25, 0.3) is 5.91 Å². The van der Waals surface area contributed by atoms with Crippen LogP contribution in [0.1, 0.15) is 23.2 Å². The Morgan fingerprint density at radius 3 is 2.92 bits per heavy atom. The SMILES string of the molecule is COc1cccc(C(=O)N2CCC3(CC(=O)N(c4ccsc4)C3)C2)c1. The summed E-state index contributed by atoms with van der Waals surface area (Å²) in [5, 5.41) is 3.99. The third-order valence-electron chi connectivity index (χ3n) is 5.18. The van der Waals surface area contributed by atoms with E-state index < -0.39 is 0 Å². The number of nitrogens with zero attached hydrogens (tertiary/aromatic N) is 2. The minimum atomic E-state index is -0.118. The van der Waals surface area contributed by atoms with Gasteiger partial charge in [0, 0.05) is 42.4 Å². The lowest BCUT2D eigenvalue weighted by Crippen LogP contribution is -2.34. The van der Waals surface area contributed by atoms with Crippen molar-refractivity contribution in [1.29, 1.82) is 0 Å². The van der Waals surface area contributed by atoms with Gasteiger partial charge in [-0.05, 0) is 36.1 Å². The minimum absolute atomic E-state index is 0.0113. The molecule has 2 saturated heterocycles. The fraction of sp³-hybridized carbons (Fsp3) is 0.368. The van der Waals surface area contributed by atoms with Gasteiger partial charge < -0.3 is 14.5 Å². The second-order valence-corrected chi connectivity index (χ2v) is 7.63. The van der Waals surface area contributed by atoms with E-state index >= 15 is 0 Å². The molecule has 0 aliphatic carbocycles. The molecular formula is C19H20N2O3S. The Hall–Kier alpha value is -2.34. The zero-order valence-electron chi connectivity index (χ0n) is 14.1. The van der Waals surface area contributed by atoms with E-state index in [2.05, 4.69) is 0 Å². The van der Waals surface area contributed by atoms with E-state index in [0.29, 0.717) is 37.4 Å². The molecule has 1 atom stereocenters. The predicted molar refractivity (Wildman–Crippen MR) is 97.2 cm³/mol. The van der Waals surface area contributed by atoms with Crippen molar-refractivity contribution in [3.05, 3.63) is 46.7 Å². The van der Waals surface area contributed by atoms with Crippen LogP contribution in [0.5, 0.6) is 5.75 Å². The number of amides is 2. The quantitative estimate of drug-likeness (QED) is 0.849. The Balaban J connectivity index is 1.49. The van der Waals surface area contributed by atoms with Crippen molar-refractivity contribution >= 4 is 28.8 Å². The van der Waals surface area contributed by atoms with E-state index in [4.69, 9.17) is 4.74 Å². The van der Waals surface area contributed by atoms with E-state index in [-0.39, 0.29) is 17.2 Å². The number of carbonyl (C=O) groups is 2. The summed E-state index contributed by atoms with van der Waals surface area (Å²) >= 11 is 1.60. The number of benzene rings is 1. The molecule has 6 heteroatoms. The Morgan fingerprint density at radius 2 is 2.16 bits per heavy atom. The van der Waals surface area contributed by atoms with Gasteiger partial charge in [0.2, 0.25) is 5.91 Å². The summed E-state index contributed by atoms with van der Waals surface area (Å²) in [6.45, 7) is 2.03. The normalized spacial score (nSPS) is 22.8. The molecule has 3 heterocycles. The first-order valence-electron chi connectivity index (χ1n) is 8.36. The van der Waals surface area contributed by atoms with Gasteiger partial charge in [-0.25, -0.2) is 0 Å². The summed E-state index contributed by atoms with van der Waals surface area (Å²) in [4.78, 5) is 29.0. The van der Waals surface area contributed by atoms with Crippen molar-refractivity contribution in [3.63, 3.8) is 0 Å². The van der Waals surface area contributed by atoms with Crippen molar-refractivity contribution < 1.29 is 14.3 Å². The number of likely N-dealkylation sites (tertiary alicyclic amines) is 1. The number of rotatable bonds is 3. The van der Waals surface area contributed by atoms with Crippen LogP contribution in [0, 0.1) is 5.41 Å². The number of thiophene rings is 1. The minimum Gasteiger partial charge on any atom is -0.497 e. The van der Waals surface area contributed by atoms with Crippen LogP contribution in [0.25, 0.3) is 0 Å². The maximum atomic E-state index is 12.8. The number of methoxy groups -OCH3 is 1. The van der Waals surface area contributed by atoms with E-state index in [0.717, 1.165) is 12.1 Å². The van der Waals surface area contributed by atoms with Gasteiger partial charge in [-0.3, -0.25) is 9.59 Å².